The molecule has 0 saturated carbocycles. The molecule has 0 aromatic rings. The van der Waals surface area contributed by atoms with E-state index in [-0.39, 0.29) is 8.55 Å². The van der Waals surface area contributed by atoms with Crippen LogP contribution in [0.5, 0.6) is 0 Å². The molecule has 0 saturated heterocycles. The van der Waals surface area contributed by atoms with Gasteiger partial charge in [0.2, 0.25) is 0 Å². The van der Waals surface area contributed by atoms with Gasteiger partial charge in [0.1, 0.15) is 8.55 Å². The minimum absolute atomic E-state index is 0.0783. The predicted molar refractivity (Wildman–Crippen MR) is 162 cm³/mol. The second kappa shape index (κ2) is 20.9. The summed E-state index contributed by atoms with van der Waals surface area (Å²) in [6, 6.07) is 0. The third-order valence-electron chi connectivity index (χ3n) is 4.43. The van der Waals surface area contributed by atoms with Crippen LogP contribution in [0.15, 0.2) is 0 Å². The zero-order valence-electron chi connectivity index (χ0n) is 17.0. The molecule has 0 aliphatic carbocycles. The van der Waals surface area contributed by atoms with Crippen molar-refractivity contribution in [2.24, 2.45) is 0 Å². The second-order valence-electron chi connectivity index (χ2n) is 6.62. The van der Waals surface area contributed by atoms with E-state index in [1.807, 2.05) is 0 Å². The Hall–Kier alpha value is 3.13. The Morgan fingerprint density at radius 2 is 0.917 bits per heavy atom. The predicted octanol–water partition coefficient (Wildman–Crippen LogP) is -12.0. The van der Waals surface area contributed by atoms with E-state index in [1.54, 1.807) is 9.76 Å². The molecule has 0 atom stereocenters. The first kappa shape index (κ1) is 27.1. The van der Waals surface area contributed by atoms with Gasteiger partial charge in [-0.3, -0.25) is 0 Å². The van der Waals surface area contributed by atoms with E-state index in [1.165, 1.54) is 0 Å². The first-order valence-corrected chi connectivity index (χ1v) is 68.4. The van der Waals surface area contributed by atoms with Gasteiger partial charge in [0.05, 0.1) is 0 Å². The van der Waals surface area contributed by atoms with Gasteiger partial charge in [-0.2, -0.15) is 0 Å². The lowest BCUT2D eigenvalue weighted by atomic mass is 10.9. The van der Waals surface area contributed by atoms with Crippen molar-refractivity contribution in [2.75, 3.05) is 19.8 Å². The highest BCUT2D eigenvalue weighted by atomic mass is 30.1. The second-order valence-corrected chi connectivity index (χ2v) is 132. The van der Waals surface area contributed by atoms with E-state index in [4.69, 9.17) is 13.3 Å². The molecule has 0 aliphatic heterocycles. The summed E-state index contributed by atoms with van der Waals surface area (Å²) in [6.45, 7) is 8.80. The Morgan fingerprint density at radius 1 is 0.583 bits per heavy atom. The van der Waals surface area contributed by atoms with E-state index in [0.29, 0.717) is 25.7 Å². The maximum atomic E-state index is 6.09. The smallest absolute Gasteiger partial charge is 0.377 e. The van der Waals surface area contributed by atoms with Crippen LogP contribution < -0.4 is 0 Å². The number of hydrogen-bond donors (Lipinski definition) is 0. The first-order valence-electron chi connectivity index (χ1n) is 10.7. The van der Waals surface area contributed by atoms with Crippen molar-refractivity contribution in [2.45, 2.75) is 20.8 Å². The van der Waals surface area contributed by atoms with Crippen molar-refractivity contribution in [1.29, 1.82) is 0 Å². The fourth-order valence-electron chi connectivity index (χ4n) is 3.18. The first-order chi connectivity index (χ1) is 11.7. The quantitative estimate of drug-likeness (QED) is 0.111. The van der Waals surface area contributed by atoms with Gasteiger partial charge in [0.25, 0.3) is 0 Å². The molecule has 18 heteroatoms. The van der Waals surface area contributed by atoms with Crippen LogP contribution in [0, 0.1) is 0 Å². The molecule has 0 aliphatic rings. The SMILES string of the molecule is CCO[Si](OCC)(OCC)[SiH2][SiH2][SiH2][SiH2][SiH2][SiH2][SiH2][SiH2][SiH2][SiH2][SiH2][SiH2][SiH2][SiH3]. The Bertz CT molecular complexity index is 244. The van der Waals surface area contributed by atoms with Crippen molar-refractivity contribution in [3.63, 3.8) is 0 Å². The van der Waals surface area contributed by atoms with Crippen LogP contribution >= 0.6 is 0 Å². The van der Waals surface area contributed by atoms with Crippen LogP contribution in [0.4, 0.5) is 0 Å². The van der Waals surface area contributed by atoms with E-state index in [9.17, 15) is 0 Å². The largest absolute Gasteiger partial charge is 0.458 e. The van der Waals surface area contributed by atoms with Crippen molar-refractivity contribution in [1.82, 2.24) is 0 Å². The van der Waals surface area contributed by atoms with Gasteiger partial charge < -0.3 is 13.3 Å². The maximum Gasteiger partial charge on any atom is 0.458 e. The van der Waals surface area contributed by atoms with Crippen molar-refractivity contribution in [3.8, 4) is 0 Å². The molecule has 0 rings (SSSR count). The third kappa shape index (κ3) is 16.1. The van der Waals surface area contributed by atoms with Gasteiger partial charge in [-0.15, -0.1) is 0 Å². The molecule has 0 aromatic carbocycles. The zero-order chi connectivity index (χ0) is 17.9. The van der Waals surface area contributed by atoms with E-state index >= 15 is 0 Å². The maximum absolute atomic E-state index is 6.09. The Kier molecular flexibility index (Phi) is 23.6. The lowest BCUT2D eigenvalue weighted by molar-refractivity contribution is 0.0936. The van der Waals surface area contributed by atoms with Crippen molar-refractivity contribution >= 4 is 129 Å². The summed E-state index contributed by atoms with van der Waals surface area (Å²) >= 11 is 0. The lowest BCUT2D eigenvalue weighted by Gasteiger charge is -2.28. The van der Waals surface area contributed by atoms with E-state index < -0.39 is 8.32 Å². The monoisotopic (exact) mass is 584 g/mol. The third-order valence-corrected chi connectivity index (χ3v) is 259. The van der Waals surface area contributed by atoms with Crippen LogP contribution in [0.2, 0.25) is 0 Å². The molecule has 0 N–H and O–H groups in total. The molecule has 0 aromatic heterocycles. The minimum atomic E-state index is -2.07. The summed E-state index contributed by atoms with van der Waals surface area (Å²) in [5, 5.41) is 0. The highest BCUT2D eigenvalue weighted by Gasteiger charge is 2.38. The van der Waals surface area contributed by atoms with Crippen LogP contribution in [-0.2, 0) is 13.3 Å². The fraction of sp³-hybridized carbons (Fsp3) is 1.00. The molecular weight excluding hydrogens is 541 g/mol. The summed E-state index contributed by atoms with van der Waals surface area (Å²) in [5.41, 5.74) is 0. The topological polar surface area (TPSA) is 27.7 Å². The average Bonchev–Trinajstić information content (AvgIpc) is 2.56. The summed E-state index contributed by atoms with van der Waals surface area (Å²) < 4.78 is 18.3. The van der Waals surface area contributed by atoms with Crippen LogP contribution in [0.1, 0.15) is 20.8 Å². The van der Waals surface area contributed by atoms with Gasteiger partial charge in [-0.05, 0) is 125 Å². The van der Waals surface area contributed by atoms with E-state index in [0.717, 1.165) is 96.8 Å². The van der Waals surface area contributed by atoms with Gasteiger partial charge in [0, 0.05) is 28.4 Å². The molecule has 0 amide bonds. The van der Waals surface area contributed by atoms with Gasteiger partial charge in [-0.25, -0.2) is 0 Å². The fourth-order valence-corrected chi connectivity index (χ4v) is 505. The standard InChI is InChI=1S/C6H44O3Si15/c1-4-7-24(8-5-2,9-6-3)23-22-21-20-19-18-17-16-15-14-13-12-11-10/h4-6,11-23H2,1-3,10H3. The van der Waals surface area contributed by atoms with Crippen LogP contribution in [0.3, 0.4) is 0 Å². The molecule has 0 spiro atoms. The van der Waals surface area contributed by atoms with Crippen LogP contribution in [0.25, 0.3) is 0 Å². The molecule has 146 valence electrons. The van der Waals surface area contributed by atoms with Crippen LogP contribution in [-0.4, -0.2) is 149 Å². The summed E-state index contributed by atoms with van der Waals surface area (Å²) in [7, 11) is 8.34. The Balaban J connectivity index is 3.60. The Labute approximate surface area is 181 Å². The number of rotatable bonds is 19. The molecule has 0 unspecified atom stereocenters. The molecule has 0 fully saturated rings. The highest BCUT2D eigenvalue weighted by molar-refractivity contribution is 7.73. The molecule has 24 heavy (non-hydrogen) atoms. The van der Waals surface area contributed by atoms with Crippen molar-refractivity contribution < 1.29 is 13.3 Å². The highest BCUT2D eigenvalue weighted by Crippen LogP contribution is 2.07. The number of hydrogen-bond acceptors (Lipinski definition) is 3. The van der Waals surface area contributed by atoms with E-state index in [2.05, 4.69) is 20.8 Å². The Morgan fingerprint density at radius 3 is 1.25 bits per heavy atom. The van der Waals surface area contributed by atoms with Gasteiger partial charge in [0.15, 0.2) is 0 Å². The van der Waals surface area contributed by atoms with Gasteiger partial charge in [-0.1, -0.05) is 0 Å². The lowest BCUT2D eigenvalue weighted by Crippen LogP contribution is -2.55. The molecule has 3 nitrogen and oxygen atoms in total. The summed E-state index contributed by atoms with van der Waals surface area (Å²) in [5.74, 6) is 0. The molecule has 0 bridgehead atoms. The minimum Gasteiger partial charge on any atom is -0.377 e. The van der Waals surface area contributed by atoms with Gasteiger partial charge >= 0.3 is 8.32 Å². The van der Waals surface area contributed by atoms with Crippen molar-refractivity contribution in [3.05, 3.63) is 0 Å². The summed E-state index contributed by atoms with van der Waals surface area (Å²) in [6.07, 6.45) is 0. The molecular formula is C6H44O3Si15. The zero-order valence-corrected chi connectivity index (χ0v) is 38.4. The molecule has 0 heterocycles. The normalized spacial score (nSPS) is 18.6. The molecule has 0 radical (unpaired) electrons. The summed E-state index contributed by atoms with van der Waals surface area (Å²) in [4.78, 5) is 0. The average molecular weight is 586 g/mol.